The molecular formula is C15H11F3N4OS. The Morgan fingerprint density at radius 1 is 1.04 bits per heavy atom. The Hall–Kier alpha value is -2.42. The van der Waals surface area contributed by atoms with Gasteiger partial charge >= 0.3 is 6.18 Å². The maximum Gasteiger partial charge on any atom is 0.433 e. The monoisotopic (exact) mass is 352 g/mol. The molecule has 3 rings (SSSR count). The van der Waals surface area contributed by atoms with Crippen molar-refractivity contribution in [3.05, 3.63) is 47.7 Å². The highest BCUT2D eigenvalue weighted by atomic mass is 32.2. The molecule has 9 heteroatoms. The molecule has 0 amide bonds. The van der Waals surface area contributed by atoms with Crippen molar-refractivity contribution >= 4 is 11.8 Å². The fourth-order valence-electron chi connectivity index (χ4n) is 1.83. The van der Waals surface area contributed by atoms with Gasteiger partial charge in [0, 0.05) is 24.0 Å². The average Bonchev–Trinajstić information content (AvgIpc) is 2.85. The second-order valence-corrected chi connectivity index (χ2v) is 5.84. The van der Waals surface area contributed by atoms with Crippen molar-refractivity contribution in [2.75, 3.05) is 0 Å². The zero-order chi connectivity index (χ0) is 17.3. The fraction of sp³-hybridized carbons (Fsp3) is 0.200. The number of aryl methyl sites for hydroxylation is 2. The van der Waals surface area contributed by atoms with Crippen LogP contribution in [0.5, 0.6) is 0 Å². The molecule has 0 aliphatic heterocycles. The van der Waals surface area contributed by atoms with Gasteiger partial charge < -0.3 is 4.42 Å². The third-order valence-corrected chi connectivity index (χ3v) is 3.90. The number of hydrogen-bond donors (Lipinski definition) is 0. The van der Waals surface area contributed by atoms with Crippen molar-refractivity contribution in [1.82, 2.24) is 19.9 Å². The lowest BCUT2D eigenvalue weighted by Crippen LogP contribution is -2.10. The van der Waals surface area contributed by atoms with E-state index in [9.17, 15) is 13.2 Å². The molecule has 3 aromatic heterocycles. The van der Waals surface area contributed by atoms with Gasteiger partial charge in [0.25, 0.3) is 5.22 Å². The molecule has 24 heavy (non-hydrogen) atoms. The van der Waals surface area contributed by atoms with Crippen LogP contribution in [0.2, 0.25) is 0 Å². The molecule has 0 bridgehead atoms. The molecule has 3 heterocycles. The predicted molar refractivity (Wildman–Crippen MR) is 80.4 cm³/mol. The number of oxazole rings is 1. The van der Waals surface area contributed by atoms with E-state index >= 15 is 0 Å². The summed E-state index contributed by atoms with van der Waals surface area (Å²) in [5.74, 6) is 0.576. The number of rotatable bonds is 3. The quantitative estimate of drug-likeness (QED) is 0.654. The van der Waals surface area contributed by atoms with Gasteiger partial charge in [0.1, 0.15) is 16.5 Å². The lowest BCUT2D eigenvalue weighted by molar-refractivity contribution is -0.141. The fourth-order valence-corrected chi connectivity index (χ4v) is 2.66. The largest absolute Gasteiger partial charge is 0.436 e. The van der Waals surface area contributed by atoms with Crippen molar-refractivity contribution < 1.29 is 17.6 Å². The molecule has 5 nitrogen and oxygen atoms in total. The molecule has 0 aromatic carbocycles. The first-order valence-electron chi connectivity index (χ1n) is 6.81. The summed E-state index contributed by atoms with van der Waals surface area (Å²) < 4.78 is 44.7. The highest BCUT2D eigenvalue weighted by Crippen LogP contribution is 2.34. The number of alkyl halides is 3. The summed E-state index contributed by atoms with van der Waals surface area (Å²) in [5, 5.41) is 0.336. The molecule has 0 saturated heterocycles. The highest BCUT2D eigenvalue weighted by molar-refractivity contribution is 7.99. The Balaban J connectivity index is 2.05. The summed E-state index contributed by atoms with van der Waals surface area (Å²) in [6, 6.07) is 3.97. The summed E-state index contributed by atoms with van der Waals surface area (Å²) in [7, 11) is 0. The minimum Gasteiger partial charge on any atom is -0.436 e. The van der Waals surface area contributed by atoms with E-state index in [2.05, 4.69) is 19.9 Å². The van der Waals surface area contributed by atoms with Crippen LogP contribution in [0, 0.1) is 13.8 Å². The molecule has 0 fully saturated rings. The SMILES string of the molecule is Cc1nc(Sc2cc(C(F)(F)F)nc(-c3ccncc3)n2)oc1C. The molecule has 0 saturated carbocycles. The number of nitrogens with zero attached hydrogens (tertiary/aromatic N) is 4. The van der Waals surface area contributed by atoms with Crippen LogP contribution in [0.1, 0.15) is 17.1 Å². The van der Waals surface area contributed by atoms with Crippen LogP contribution in [0.15, 0.2) is 45.3 Å². The topological polar surface area (TPSA) is 64.7 Å². The molecule has 0 atom stereocenters. The van der Waals surface area contributed by atoms with E-state index in [1.807, 2.05) is 0 Å². The second kappa shape index (κ2) is 6.23. The van der Waals surface area contributed by atoms with Crippen molar-refractivity contribution in [2.24, 2.45) is 0 Å². The van der Waals surface area contributed by atoms with Crippen molar-refractivity contribution in [2.45, 2.75) is 30.3 Å². The zero-order valence-electron chi connectivity index (χ0n) is 12.6. The van der Waals surface area contributed by atoms with E-state index in [4.69, 9.17) is 4.42 Å². The molecule has 0 aliphatic rings. The summed E-state index contributed by atoms with van der Waals surface area (Å²) in [6.45, 7) is 3.49. The van der Waals surface area contributed by atoms with Gasteiger partial charge in [-0.3, -0.25) is 4.98 Å². The van der Waals surface area contributed by atoms with Gasteiger partial charge in [-0.15, -0.1) is 0 Å². The summed E-state index contributed by atoms with van der Waals surface area (Å²) in [5.41, 5.74) is 0.0986. The first-order valence-corrected chi connectivity index (χ1v) is 7.63. The van der Waals surface area contributed by atoms with Crippen molar-refractivity contribution in [3.63, 3.8) is 0 Å². The van der Waals surface area contributed by atoms with Crippen molar-refractivity contribution in [3.8, 4) is 11.4 Å². The minimum absolute atomic E-state index is 0.0327. The first-order chi connectivity index (χ1) is 11.3. The summed E-state index contributed by atoms with van der Waals surface area (Å²) >= 11 is 0.917. The van der Waals surface area contributed by atoms with Gasteiger partial charge in [-0.2, -0.15) is 13.2 Å². The van der Waals surface area contributed by atoms with Gasteiger partial charge in [0.2, 0.25) is 0 Å². The smallest absolute Gasteiger partial charge is 0.433 e. The Morgan fingerprint density at radius 2 is 1.75 bits per heavy atom. The minimum atomic E-state index is -4.58. The van der Waals surface area contributed by atoms with E-state index in [0.29, 0.717) is 17.0 Å². The van der Waals surface area contributed by atoms with Gasteiger partial charge in [-0.25, -0.2) is 15.0 Å². The normalized spacial score (nSPS) is 11.7. The van der Waals surface area contributed by atoms with Crippen LogP contribution in [-0.2, 0) is 6.18 Å². The molecule has 124 valence electrons. The third-order valence-electron chi connectivity index (χ3n) is 3.13. The molecule has 0 radical (unpaired) electrons. The number of halogens is 3. The highest BCUT2D eigenvalue weighted by Gasteiger charge is 2.34. The number of hydrogen-bond acceptors (Lipinski definition) is 6. The van der Waals surface area contributed by atoms with Crippen LogP contribution in [0.25, 0.3) is 11.4 Å². The molecule has 3 aromatic rings. The maximum atomic E-state index is 13.1. The van der Waals surface area contributed by atoms with Crippen LogP contribution in [0.3, 0.4) is 0 Å². The Morgan fingerprint density at radius 3 is 2.33 bits per heavy atom. The lowest BCUT2D eigenvalue weighted by atomic mass is 10.2. The van der Waals surface area contributed by atoms with Gasteiger partial charge in [-0.1, -0.05) is 0 Å². The molecule has 0 spiro atoms. The van der Waals surface area contributed by atoms with E-state index in [1.165, 1.54) is 12.4 Å². The summed E-state index contributed by atoms with van der Waals surface area (Å²) in [6.07, 6.45) is -1.65. The van der Waals surface area contributed by atoms with E-state index in [0.717, 1.165) is 17.8 Å². The van der Waals surface area contributed by atoms with Crippen LogP contribution >= 0.6 is 11.8 Å². The van der Waals surface area contributed by atoms with Gasteiger partial charge in [-0.05, 0) is 37.7 Å². The Labute approximate surface area is 139 Å². The van der Waals surface area contributed by atoms with E-state index in [1.54, 1.807) is 26.0 Å². The second-order valence-electron chi connectivity index (χ2n) is 4.87. The van der Waals surface area contributed by atoms with Gasteiger partial charge in [0.15, 0.2) is 5.82 Å². The molecule has 0 aliphatic carbocycles. The average molecular weight is 352 g/mol. The van der Waals surface area contributed by atoms with Crippen molar-refractivity contribution in [1.29, 1.82) is 0 Å². The lowest BCUT2D eigenvalue weighted by Gasteiger charge is -2.09. The van der Waals surface area contributed by atoms with E-state index < -0.39 is 11.9 Å². The van der Waals surface area contributed by atoms with E-state index in [-0.39, 0.29) is 16.1 Å². The maximum absolute atomic E-state index is 13.1. The standard InChI is InChI=1S/C15H11F3N4OS/c1-8-9(2)23-14(20-8)24-12-7-11(15(16,17)18)21-13(22-12)10-3-5-19-6-4-10/h3-7H,1-2H3. The zero-order valence-corrected chi connectivity index (χ0v) is 13.4. The number of aromatic nitrogens is 4. The predicted octanol–water partition coefficient (Wildman–Crippen LogP) is 4.31. The van der Waals surface area contributed by atoms with Gasteiger partial charge in [0.05, 0.1) is 5.69 Å². The van der Waals surface area contributed by atoms with Crippen LogP contribution < -0.4 is 0 Å². The summed E-state index contributed by atoms with van der Waals surface area (Å²) in [4.78, 5) is 15.8. The molecule has 0 N–H and O–H groups in total. The number of pyridine rings is 1. The van der Waals surface area contributed by atoms with Crippen LogP contribution in [0.4, 0.5) is 13.2 Å². The first kappa shape index (κ1) is 16.4. The van der Waals surface area contributed by atoms with Crippen LogP contribution in [-0.4, -0.2) is 19.9 Å². The molecular weight excluding hydrogens is 341 g/mol. The Kier molecular flexibility index (Phi) is 4.27. The Bertz CT molecular complexity index is 845. The molecule has 0 unspecified atom stereocenters. The third kappa shape index (κ3) is 3.56.